The van der Waals surface area contributed by atoms with Crippen LogP contribution in [0, 0.1) is 5.92 Å². The van der Waals surface area contributed by atoms with Gasteiger partial charge in [0.25, 0.3) is 0 Å². The number of esters is 1. The van der Waals surface area contributed by atoms with Crippen molar-refractivity contribution in [2.24, 2.45) is 5.92 Å². The first-order chi connectivity index (χ1) is 22.0. The molecule has 0 aliphatic carbocycles. The highest BCUT2D eigenvalue weighted by atomic mass is 31.2. The molecule has 258 valence electrons. The SMILES string of the molecule is CC(C)[C@H](NC(=O)OC(C)(C)C)C(=O)OCCNP(=O)(OC[C@@]1(C)O[C@@H](c2ccc3c(N)ncnn23)[C@H](O)[C@@H]1O)Oc1ccccc1. The maximum atomic E-state index is 14.0. The number of hydrogen-bond acceptors (Lipinski definition) is 13. The Bertz CT molecular complexity index is 1580. The summed E-state index contributed by atoms with van der Waals surface area (Å²) in [4.78, 5) is 29.0. The molecule has 1 aromatic carbocycles. The molecule has 0 radical (unpaired) electrons. The lowest BCUT2D eigenvalue weighted by atomic mass is 9.97. The number of ether oxygens (including phenoxy) is 3. The van der Waals surface area contributed by atoms with E-state index in [1.165, 1.54) is 17.8 Å². The number of hydrogen-bond donors (Lipinski definition) is 5. The van der Waals surface area contributed by atoms with E-state index in [2.05, 4.69) is 20.5 Å². The molecule has 1 aliphatic heterocycles. The third-order valence-electron chi connectivity index (χ3n) is 7.19. The van der Waals surface area contributed by atoms with Crippen molar-refractivity contribution in [1.29, 1.82) is 0 Å². The minimum absolute atomic E-state index is 0.171. The smallest absolute Gasteiger partial charge is 0.458 e. The first-order valence-electron chi connectivity index (χ1n) is 15.0. The predicted molar refractivity (Wildman–Crippen MR) is 169 cm³/mol. The molecule has 2 aromatic heterocycles. The third-order valence-corrected chi connectivity index (χ3v) is 8.72. The predicted octanol–water partition coefficient (Wildman–Crippen LogP) is 2.75. The summed E-state index contributed by atoms with van der Waals surface area (Å²) in [5, 5.41) is 31.3. The lowest BCUT2D eigenvalue weighted by Gasteiger charge is -2.29. The molecule has 6 N–H and O–H groups in total. The fraction of sp³-hybridized carbons (Fsp3) is 0.533. The number of anilines is 1. The van der Waals surface area contributed by atoms with Crippen LogP contribution in [-0.4, -0.2) is 86.1 Å². The van der Waals surface area contributed by atoms with Crippen LogP contribution in [0.2, 0.25) is 0 Å². The fourth-order valence-corrected chi connectivity index (χ4v) is 6.19. The Labute approximate surface area is 272 Å². The summed E-state index contributed by atoms with van der Waals surface area (Å²) < 4.78 is 43.6. The number of aromatic nitrogens is 3. The van der Waals surface area contributed by atoms with Crippen LogP contribution < -0.4 is 20.7 Å². The number of fused-ring (bicyclic) bond motifs is 1. The van der Waals surface area contributed by atoms with Crippen LogP contribution in [0.25, 0.3) is 5.52 Å². The highest BCUT2D eigenvalue weighted by molar-refractivity contribution is 7.52. The van der Waals surface area contributed by atoms with Crippen molar-refractivity contribution in [2.45, 2.75) is 77.1 Å². The zero-order chi connectivity index (χ0) is 34.6. The van der Waals surface area contributed by atoms with E-state index in [1.807, 2.05) is 0 Å². The van der Waals surface area contributed by atoms with Gasteiger partial charge in [-0.25, -0.2) is 28.7 Å². The van der Waals surface area contributed by atoms with Crippen molar-refractivity contribution in [3.05, 3.63) is 54.5 Å². The number of amides is 1. The monoisotopic (exact) mass is 678 g/mol. The molecule has 17 heteroatoms. The largest absolute Gasteiger partial charge is 0.463 e. The molecule has 3 aromatic rings. The number of nitrogen functional groups attached to an aromatic ring is 1. The molecular formula is C30H43N6O10P. The van der Waals surface area contributed by atoms with Crippen LogP contribution >= 0.6 is 7.75 Å². The minimum atomic E-state index is -4.20. The van der Waals surface area contributed by atoms with Gasteiger partial charge in [-0.1, -0.05) is 32.0 Å². The molecule has 0 saturated carbocycles. The van der Waals surface area contributed by atoms with Crippen molar-refractivity contribution in [3.8, 4) is 5.75 Å². The van der Waals surface area contributed by atoms with Crippen molar-refractivity contribution >= 4 is 31.1 Å². The van der Waals surface area contributed by atoms with E-state index >= 15 is 0 Å². The number of nitrogens with two attached hydrogens (primary N) is 1. The van der Waals surface area contributed by atoms with Crippen LogP contribution in [0.4, 0.5) is 10.6 Å². The van der Waals surface area contributed by atoms with E-state index in [4.69, 9.17) is 29.0 Å². The molecule has 1 aliphatic rings. The van der Waals surface area contributed by atoms with Gasteiger partial charge in [0.2, 0.25) is 0 Å². The fourth-order valence-electron chi connectivity index (χ4n) is 4.79. The normalized spacial score (nSPS) is 23.3. The van der Waals surface area contributed by atoms with Crippen molar-refractivity contribution < 1.29 is 47.6 Å². The Hall–Kier alpha value is -3.79. The molecule has 1 fully saturated rings. The van der Waals surface area contributed by atoms with E-state index in [0.29, 0.717) is 11.2 Å². The van der Waals surface area contributed by atoms with Gasteiger partial charge in [-0.05, 0) is 57.9 Å². The van der Waals surface area contributed by atoms with Crippen molar-refractivity contribution in [3.63, 3.8) is 0 Å². The molecule has 3 heterocycles. The summed E-state index contributed by atoms with van der Waals surface area (Å²) >= 11 is 0. The number of alkyl carbamates (subject to hydrolysis) is 1. The average Bonchev–Trinajstić information content (AvgIpc) is 3.52. The number of para-hydroxylation sites is 1. The van der Waals surface area contributed by atoms with Crippen LogP contribution in [0.1, 0.15) is 53.3 Å². The second kappa shape index (κ2) is 14.5. The maximum Gasteiger partial charge on any atom is 0.458 e. The Morgan fingerprint density at radius 2 is 1.87 bits per heavy atom. The molecular weight excluding hydrogens is 635 g/mol. The molecule has 1 amide bonds. The zero-order valence-corrected chi connectivity index (χ0v) is 28.0. The van der Waals surface area contributed by atoms with Crippen LogP contribution in [0.5, 0.6) is 5.75 Å². The molecule has 6 atom stereocenters. The average molecular weight is 679 g/mol. The molecule has 4 rings (SSSR count). The van der Waals surface area contributed by atoms with Gasteiger partial charge in [0.15, 0.2) is 5.82 Å². The standard InChI is InChI=1S/C30H43N6O10P/c1-18(2)22(35-28(40)45-29(3,4)5)27(39)42-15-14-34-47(41,46-19-10-8-7-9-11-19)43-16-30(6)25(38)23(37)24(44-30)20-12-13-21-26(31)32-17-33-36(20)21/h7-13,17-18,22-25,37-38H,14-16H2,1-6H3,(H,34,41)(H,35,40)(H2,31,32,33)/t22-,23-,24-,25-,30+,47?/m0/s1. The quantitative estimate of drug-likeness (QED) is 0.0998. The van der Waals surface area contributed by atoms with Gasteiger partial charge >= 0.3 is 19.8 Å². The zero-order valence-electron chi connectivity index (χ0n) is 27.2. The van der Waals surface area contributed by atoms with Gasteiger partial charge in [0.05, 0.1) is 12.3 Å². The summed E-state index contributed by atoms with van der Waals surface area (Å²) in [7, 11) is -4.20. The van der Waals surface area contributed by atoms with Crippen molar-refractivity contribution in [1.82, 2.24) is 25.0 Å². The highest BCUT2D eigenvalue weighted by Gasteiger charge is 2.53. The lowest BCUT2D eigenvalue weighted by Crippen LogP contribution is -2.47. The molecule has 0 spiro atoms. The van der Waals surface area contributed by atoms with E-state index < -0.39 is 62.0 Å². The van der Waals surface area contributed by atoms with Gasteiger partial charge in [0.1, 0.15) is 59.8 Å². The first-order valence-corrected chi connectivity index (χ1v) is 16.6. The van der Waals surface area contributed by atoms with E-state index in [1.54, 1.807) is 77.1 Å². The van der Waals surface area contributed by atoms with E-state index in [0.717, 1.165) is 0 Å². The molecule has 1 unspecified atom stereocenters. The Morgan fingerprint density at radius 1 is 1.17 bits per heavy atom. The first kappa shape index (κ1) is 36.1. The Balaban J connectivity index is 1.42. The number of rotatable bonds is 13. The minimum Gasteiger partial charge on any atom is -0.463 e. The summed E-state index contributed by atoms with van der Waals surface area (Å²) in [5.74, 6) is -0.590. The lowest BCUT2D eigenvalue weighted by molar-refractivity contribution is -0.147. The summed E-state index contributed by atoms with van der Waals surface area (Å²) in [5.41, 5.74) is 4.53. The maximum absolute atomic E-state index is 14.0. The topological polar surface area (TPSA) is 218 Å². The van der Waals surface area contributed by atoms with Crippen LogP contribution in [-0.2, 0) is 28.1 Å². The number of benzene rings is 1. The van der Waals surface area contributed by atoms with Crippen LogP contribution in [0.3, 0.4) is 0 Å². The molecule has 0 bridgehead atoms. The van der Waals surface area contributed by atoms with Gasteiger partial charge in [-0.2, -0.15) is 5.10 Å². The highest BCUT2D eigenvalue weighted by Crippen LogP contribution is 2.48. The van der Waals surface area contributed by atoms with E-state index in [9.17, 15) is 24.4 Å². The Kier molecular flexibility index (Phi) is 11.2. The van der Waals surface area contributed by atoms with Crippen LogP contribution in [0.15, 0.2) is 48.8 Å². The summed E-state index contributed by atoms with van der Waals surface area (Å²) in [6, 6.07) is 10.6. The van der Waals surface area contributed by atoms with Crippen molar-refractivity contribution in [2.75, 3.05) is 25.5 Å². The number of aliphatic hydroxyl groups is 2. The summed E-state index contributed by atoms with van der Waals surface area (Å²) in [6.07, 6.45) is -3.41. The molecule has 1 saturated heterocycles. The van der Waals surface area contributed by atoms with Gasteiger partial charge < -0.3 is 40.0 Å². The van der Waals surface area contributed by atoms with Gasteiger partial charge in [-0.3, -0.25) is 4.52 Å². The third kappa shape index (κ3) is 8.97. The van der Waals surface area contributed by atoms with Gasteiger partial charge in [-0.15, -0.1) is 0 Å². The number of carbonyl (C=O) groups is 2. The summed E-state index contributed by atoms with van der Waals surface area (Å²) in [6.45, 7) is 9.18. The second-order valence-corrected chi connectivity index (χ2v) is 14.4. The number of nitrogens with zero attached hydrogens (tertiary/aromatic N) is 3. The number of aliphatic hydroxyl groups excluding tert-OH is 2. The van der Waals surface area contributed by atoms with E-state index in [-0.39, 0.29) is 30.6 Å². The number of nitrogens with one attached hydrogen (secondary N) is 2. The molecule has 47 heavy (non-hydrogen) atoms. The second-order valence-electron chi connectivity index (χ2n) is 12.6. The number of carbonyl (C=O) groups excluding carboxylic acids is 2. The molecule has 16 nitrogen and oxygen atoms in total. The van der Waals surface area contributed by atoms with Gasteiger partial charge in [0, 0.05) is 6.54 Å². The Morgan fingerprint density at radius 3 is 2.53 bits per heavy atom.